The minimum absolute atomic E-state index is 0. The van der Waals surface area contributed by atoms with Crippen LogP contribution >= 0.6 is 21.6 Å². The molecule has 0 amide bonds. The zero-order valence-corrected chi connectivity index (χ0v) is 17.1. The fraction of sp³-hybridized carbons (Fsp3) is 0.667. The fourth-order valence-electron chi connectivity index (χ4n) is 0.379. The van der Waals surface area contributed by atoms with Crippen LogP contribution in [0.15, 0.2) is 0 Å². The Hall–Kier alpha value is 2.83. The van der Waals surface area contributed by atoms with Gasteiger partial charge in [-0.2, -0.15) is 0 Å². The maximum atomic E-state index is 10.1. The van der Waals surface area contributed by atoms with Crippen molar-refractivity contribution in [3.8, 4) is 0 Å². The van der Waals surface area contributed by atoms with Gasteiger partial charge in [0.15, 0.2) is 0 Å². The topological polar surface area (TPSA) is 132 Å². The standard InChI is InChI=1S/C6H12N2O4S2.2K/c7-3(5(9)10)1-13-14-2-4(8)6(11)12;;/h3-4H,1-2,7-8H2,(H,9,10)(H,11,12);;/q;2*+1/p-2/t3-,4-;;/m0../s1. The summed E-state index contributed by atoms with van der Waals surface area (Å²) in [6, 6.07) is -2.10. The third-order valence-electron chi connectivity index (χ3n) is 1.18. The van der Waals surface area contributed by atoms with Crippen LogP contribution in [0.5, 0.6) is 0 Å². The van der Waals surface area contributed by atoms with E-state index in [0.717, 1.165) is 21.6 Å². The number of carbonyl (C=O) groups is 2. The number of rotatable bonds is 7. The van der Waals surface area contributed by atoms with E-state index >= 15 is 0 Å². The molecule has 0 aromatic carbocycles. The number of carbonyl (C=O) groups excluding carboxylic acids is 2. The van der Waals surface area contributed by atoms with Gasteiger partial charge in [-0.15, -0.1) is 0 Å². The van der Waals surface area contributed by atoms with Gasteiger partial charge in [0.05, 0.1) is 24.0 Å². The van der Waals surface area contributed by atoms with Gasteiger partial charge < -0.3 is 31.3 Å². The fourth-order valence-corrected chi connectivity index (χ4v) is 2.59. The normalized spacial score (nSPS) is 12.9. The van der Waals surface area contributed by atoms with Crippen molar-refractivity contribution < 1.29 is 123 Å². The first-order valence-electron chi connectivity index (χ1n) is 3.62. The molecule has 0 spiro atoms. The van der Waals surface area contributed by atoms with E-state index in [2.05, 4.69) is 0 Å². The molecule has 2 atom stereocenters. The summed E-state index contributed by atoms with van der Waals surface area (Å²) in [5.74, 6) is -2.37. The van der Waals surface area contributed by atoms with Gasteiger partial charge in [-0.3, -0.25) is 0 Å². The summed E-state index contributed by atoms with van der Waals surface area (Å²) in [5.41, 5.74) is 10.3. The molecule has 0 aliphatic rings. The van der Waals surface area contributed by atoms with Gasteiger partial charge in [0.25, 0.3) is 0 Å². The Kier molecular flexibility index (Phi) is 21.3. The van der Waals surface area contributed by atoms with Crippen LogP contribution in [0, 0.1) is 0 Å². The maximum absolute atomic E-state index is 10.1. The molecule has 0 rings (SSSR count). The first kappa shape index (κ1) is 23.9. The van der Waals surface area contributed by atoms with Gasteiger partial charge in [-0.1, -0.05) is 21.6 Å². The minimum atomic E-state index is -1.33. The number of nitrogens with two attached hydrogens (primary N) is 2. The summed E-state index contributed by atoms with van der Waals surface area (Å²) >= 11 is 0. The minimum Gasteiger partial charge on any atom is -0.548 e. The first-order valence-corrected chi connectivity index (χ1v) is 6.11. The maximum Gasteiger partial charge on any atom is 1.00 e. The van der Waals surface area contributed by atoms with Gasteiger partial charge >= 0.3 is 103 Å². The van der Waals surface area contributed by atoms with E-state index in [-0.39, 0.29) is 114 Å². The third kappa shape index (κ3) is 13.3. The van der Waals surface area contributed by atoms with Crippen molar-refractivity contribution in [2.45, 2.75) is 12.1 Å². The Labute approximate surface area is 187 Å². The summed E-state index contributed by atoms with van der Waals surface area (Å²) in [5, 5.41) is 20.3. The molecule has 0 radical (unpaired) electrons. The molecule has 0 bridgehead atoms. The Morgan fingerprint density at radius 3 is 1.38 bits per heavy atom. The summed E-state index contributed by atoms with van der Waals surface area (Å²) in [7, 11) is 2.27. The molecule has 10 heteroatoms. The van der Waals surface area contributed by atoms with Crippen molar-refractivity contribution >= 4 is 33.5 Å². The molecule has 0 aromatic rings. The van der Waals surface area contributed by atoms with E-state index in [4.69, 9.17) is 11.5 Å². The number of hydrogen-bond donors (Lipinski definition) is 2. The average molecular weight is 316 g/mol. The number of carboxylic acids is 2. The molecule has 4 N–H and O–H groups in total. The van der Waals surface area contributed by atoms with E-state index in [1.54, 1.807) is 0 Å². The van der Waals surface area contributed by atoms with Crippen molar-refractivity contribution in [2.24, 2.45) is 11.5 Å². The van der Waals surface area contributed by atoms with Gasteiger partial charge in [-0.05, 0) is 0 Å². The van der Waals surface area contributed by atoms with Crippen LogP contribution in [0.3, 0.4) is 0 Å². The van der Waals surface area contributed by atoms with E-state index < -0.39 is 24.0 Å². The molecule has 0 saturated heterocycles. The zero-order valence-electron chi connectivity index (χ0n) is 9.17. The molecular weight excluding hydrogens is 306 g/mol. The molecule has 0 aliphatic carbocycles. The summed E-state index contributed by atoms with van der Waals surface area (Å²) in [6.45, 7) is 0. The van der Waals surface area contributed by atoms with Crippen LogP contribution in [-0.2, 0) is 9.59 Å². The number of carboxylic acid groups (broad SMARTS) is 2. The van der Waals surface area contributed by atoms with Crippen LogP contribution in [-0.4, -0.2) is 35.5 Å². The SMILES string of the molecule is N[C@@H](CSSC[C@H](N)C(=O)[O-])C(=O)[O-].[K+].[K+]. The van der Waals surface area contributed by atoms with Gasteiger partial charge in [0.1, 0.15) is 0 Å². The molecule has 0 heterocycles. The Morgan fingerprint density at radius 1 is 0.938 bits per heavy atom. The van der Waals surface area contributed by atoms with E-state index in [1.165, 1.54) is 0 Å². The predicted molar refractivity (Wildman–Crippen MR) is 50.9 cm³/mol. The molecular formula is C6H10K2N2O4S2. The second-order valence-corrected chi connectivity index (χ2v) is 4.97. The smallest absolute Gasteiger partial charge is 0.548 e. The van der Waals surface area contributed by atoms with E-state index in [1.807, 2.05) is 0 Å². The summed E-state index contributed by atoms with van der Waals surface area (Å²) in [6.07, 6.45) is 0. The first-order chi connectivity index (χ1) is 6.45. The zero-order chi connectivity index (χ0) is 11.1. The Bertz CT molecular complexity index is 201. The molecule has 0 aromatic heterocycles. The Morgan fingerprint density at radius 2 is 1.19 bits per heavy atom. The molecule has 0 saturated carbocycles. The van der Waals surface area contributed by atoms with Gasteiger partial charge in [0, 0.05) is 11.5 Å². The number of aliphatic carboxylic acids is 2. The average Bonchev–Trinajstić information content (AvgIpc) is 2.11. The summed E-state index contributed by atoms with van der Waals surface area (Å²) < 4.78 is 0. The van der Waals surface area contributed by atoms with Crippen LogP contribution in [0.1, 0.15) is 0 Å². The van der Waals surface area contributed by atoms with Crippen molar-refractivity contribution in [3.63, 3.8) is 0 Å². The summed E-state index contributed by atoms with van der Waals surface area (Å²) in [4.78, 5) is 20.3. The van der Waals surface area contributed by atoms with E-state index in [0.29, 0.717) is 0 Å². The molecule has 82 valence electrons. The van der Waals surface area contributed by atoms with Crippen LogP contribution in [0.25, 0.3) is 0 Å². The molecule has 16 heavy (non-hydrogen) atoms. The monoisotopic (exact) mass is 316 g/mol. The molecule has 0 aliphatic heterocycles. The van der Waals surface area contributed by atoms with Gasteiger partial charge in [0.2, 0.25) is 0 Å². The quantitative estimate of drug-likeness (QED) is 0.269. The predicted octanol–water partition coefficient (Wildman–Crippen LogP) is -9.47. The largest absolute Gasteiger partial charge is 1.00 e. The number of hydrogen-bond acceptors (Lipinski definition) is 8. The third-order valence-corrected chi connectivity index (χ3v) is 3.66. The Balaban J connectivity index is -0.000000845. The van der Waals surface area contributed by atoms with Crippen molar-refractivity contribution in [1.29, 1.82) is 0 Å². The van der Waals surface area contributed by atoms with Crippen molar-refractivity contribution in [1.82, 2.24) is 0 Å². The van der Waals surface area contributed by atoms with Crippen LogP contribution in [0.4, 0.5) is 0 Å². The second kappa shape index (κ2) is 14.2. The van der Waals surface area contributed by atoms with Crippen molar-refractivity contribution in [2.75, 3.05) is 11.5 Å². The molecule has 0 fully saturated rings. The second-order valence-electron chi connectivity index (χ2n) is 2.42. The van der Waals surface area contributed by atoms with E-state index in [9.17, 15) is 19.8 Å². The van der Waals surface area contributed by atoms with Crippen molar-refractivity contribution in [3.05, 3.63) is 0 Å². The van der Waals surface area contributed by atoms with Crippen LogP contribution in [0.2, 0.25) is 0 Å². The molecule has 6 nitrogen and oxygen atoms in total. The molecule has 0 unspecified atom stereocenters. The van der Waals surface area contributed by atoms with Crippen LogP contribution < -0.4 is 124 Å². The van der Waals surface area contributed by atoms with Gasteiger partial charge in [-0.25, -0.2) is 0 Å².